The number of nitrogens with one attached hydrogen (secondary N) is 1. The zero-order chi connectivity index (χ0) is 9.14. The number of hydrogen-bond acceptors (Lipinski definition) is 1. The van der Waals surface area contributed by atoms with Crippen LogP contribution in [0.3, 0.4) is 0 Å². The maximum absolute atomic E-state index is 11.9. The molecule has 1 N–H and O–H groups in total. The van der Waals surface area contributed by atoms with Gasteiger partial charge >= 0.3 is 0 Å². The maximum Gasteiger partial charge on any atom is 0.269 e. The first-order chi connectivity index (χ1) is 5.65. The van der Waals surface area contributed by atoms with Crippen LogP contribution in [-0.2, 0) is 6.67 Å². The summed E-state index contributed by atoms with van der Waals surface area (Å²) in [5, 5.41) is 0. The molecule has 0 saturated carbocycles. The molecule has 0 unspecified atom stereocenters. The van der Waals surface area contributed by atoms with E-state index in [0.29, 0.717) is 0 Å². The fraction of sp³-hybridized carbons (Fsp3) is 0.286. The van der Waals surface area contributed by atoms with Gasteiger partial charge in [-0.2, -0.15) is 0 Å². The van der Waals surface area contributed by atoms with Crippen molar-refractivity contribution in [1.82, 2.24) is 4.98 Å². The minimum absolute atomic E-state index is 0.00407. The van der Waals surface area contributed by atoms with Crippen LogP contribution in [0.25, 0.3) is 0 Å². The molecule has 0 aliphatic heterocycles. The fourth-order valence-electron chi connectivity index (χ4n) is 0.776. The molecule has 0 atom stereocenters. The molecule has 0 fully saturated rings. The third kappa shape index (κ3) is 1.66. The van der Waals surface area contributed by atoms with Gasteiger partial charge in [0.1, 0.15) is 6.67 Å². The number of aromatic amines is 1. The second-order valence-electron chi connectivity index (χ2n) is 2.20. The van der Waals surface area contributed by atoms with Crippen molar-refractivity contribution in [3.05, 3.63) is 33.7 Å². The van der Waals surface area contributed by atoms with E-state index >= 15 is 0 Å². The van der Waals surface area contributed by atoms with Gasteiger partial charge < -0.3 is 4.98 Å². The van der Waals surface area contributed by atoms with Gasteiger partial charge in [-0.05, 0) is 12.1 Å². The van der Waals surface area contributed by atoms with Gasteiger partial charge in [-0.1, -0.05) is 0 Å². The largest absolute Gasteiger partial charge is 0.323 e. The van der Waals surface area contributed by atoms with Gasteiger partial charge in [0.2, 0.25) is 0 Å². The highest BCUT2D eigenvalue weighted by Gasteiger charge is 2.11. The lowest BCUT2D eigenvalue weighted by Crippen LogP contribution is -2.13. The Morgan fingerprint density at radius 3 is 2.50 bits per heavy atom. The van der Waals surface area contributed by atoms with E-state index in [4.69, 9.17) is 0 Å². The molecule has 1 aromatic heterocycles. The number of hydrogen-bond donors (Lipinski definition) is 1. The van der Waals surface area contributed by atoms with Crippen LogP contribution in [0.2, 0.25) is 0 Å². The molecule has 2 nitrogen and oxygen atoms in total. The summed E-state index contributed by atoms with van der Waals surface area (Å²) in [5.41, 5.74) is -1.56. The highest BCUT2D eigenvalue weighted by molar-refractivity contribution is 5.14. The van der Waals surface area contributed by atoms with E-state index in [-0.39, 0.29) is 5.69 Å². The number of halogens is 3. The molecule has 1 aromatic rings. The van der Waals surface area contributed by atoms with Crippen molar-refractivity contribution in [3.8, 4) is 0 Å². The molecule has 66 valence electrons. The molecule has 0 aliphatic rings. The summed E-state index contributed by atoms with van der Waals surface area (Å²) in [6.45, 7) is -0.862. The van der Waals surface area contributed by atoms with Crippen molar-refractivity contribution < 1.29 is 13.2 Å². The Morgan fingerprint density at radius 1 is 1.42 bits per heavy atom. The molecular formula is C7H6F3NO. The normalized spacial score (nSPS) is 10.7. The lowest BCUT2D eigenvalue weighted by molar-refractivity contribution is 0.149. The fourth-order valence-corrected chi connectivity index (χ4v) is 0.776. The molecule has 0 amide bonds. The first-order valence-corrected chi connectivity index (χ1v) is 3.21. The first kappa shape index (κ1) is 8.83. The van der Waals surface area contributed by atoms with Gasteiger partial charge in [-0.25, -0.2) is 13.2 Å². The van der Waals surface area contributed by atoms with Crippen LogP contribution in [-0.4, -0.2) is 4.98 Å². The molecule has 0 aromatic carbocycles. The topological polar surface area (TPSA) is 32.9 Å². The van der Waals surface area contributed by atoms with Crippen molar-refractivity contribution >= 4 is 0 Å². The number of pyridine rings is 1. The molecule has 0 spiro atoms. The number of H-pyrrole nitrogens is 1. The monoisotopic (exact) mass is 177 g/mol. The standard InChI is InChI=1S/C7H6F3NO/c8-3-4-1-2-5(6(9)10)7(12)11-4/h1-2,6H,3H2,(H,11,12). The van der Waals surface area contributed by atoms with Crippen LogP contribution in [0.4, 0.5) is 13.2 Å². The summed E-state index contributed by atoms with van der Waals surface area (Å²) >= 11 is 0. The average Bonchev–Trinajstić information content (AvgIpc) is 2.03. The Morgan fingerprint density at radius 2 is 2.08 bits per heavy atom. The minimum atomic E-state index is -2.82. The Bertz CT molecular complexity index is 321. The quantitative estimate of drug-likeness (QED) is 0.733. The predicted molar refractivity (Wildman–Crippen MR) is 36.8 cm³/mol. The summed E-state index contributed by atoms with van der Waals surface area (Å²) < 4.78 is 35.8. The summed E-state index contributed by atoms with van der Waals surface area (Å²) in [4.78, 5) is 12.7. The molecule has 0 aliphatic carbocycles. The van der Waals surface area contributed by atoms with Crippen LogP contribution in [0.1, 0.15) is 17.7 Å². The van der Waals surface area contributed by atoms with Gasteiger partial charge in [-0.3, -0.25) is 4.79 Å². The minimum Gasteiger partial charge on any atom is -0.323 e. The lowest BCUT2D eigenvalue weighted by atomic mass is 10.2. The van der Waals surface area contributed by atoms with E-state index in [0.717, 1.165) is 12.1 Å². The molecule has 12 heavy (non-hydrogen) atoms. The summed E-state index contributed by atoms with van der Waals surface area (Å²) in [6.07, 6.45) is -2.82. The van der Waals surface area contributed by atoms with Crippen molar-refractivity contribution in [1.29, 1.82) is 0 Å². The van der Waals surface area contributed by atoms with Crippen LogP contribution in [0, 0.1) is 0 Å². The van der Waals surface area contributed by atoms with Gasteiger partial charge in [0.05, 0.1) is 5.56 Å². The predicted octanol–water partition coefficient (Wildman–Crippen LogP) is 1.78. The zero-order valence-corrected chi connectivity index (χ0v) is 5.98. The molecule has 0 saturated heterocycles. The Kier molecular flexibility index (Phi) is 2.52. The second kappa shape index (κ2) is 3.42. The van der Waals surface area contributed by atoms with Crippen molar-refractivity contribution in [2.24, 2.45) is 0 Å². The van der Waals surface area contributed by atoms with E-state index in [2.05, 4.69) is 0 Å². The molecular weight excluding hydrogens is 171 g/mol. The van der Waals surface area contributed by atoms with Crippen LogP contribution < -0.4 is 5.56 Å². The van der Waals surface area contributed by atoms with E-state index in [9.17, 15) is 18.0 Å². The Hall–Kier alpha value is -1.26. The maximum atomic E-state index is 11.9. The lowest BCUT2D eigenvalue weighted by Gasteiger charge is -1.98. The van der Waals surface area contributed by atoms with Gasteiger partial charge in [0, 0.05) is 5.69 Å². The van der Waals surface area contributed by atoms with Crippen LogP contribution >= 0.6 is 0 Å². The summed E-state index contributed by atoms with van der Waals surface area (Å²) in [7, 11) is 0. The number of rotatable bonds is 2. The second-order valence-corrected chi connectivity index (χ2v) is 2.20. The van der Waals surface area contributed by atoms with E-state index in [1.807, 2.05) is 4.98 Å². The van der Waals surface area contributed by atoms with Crippen molar-refractivity contribution in [3.63, 3.8) is 0 Å². The molecule has 1 heterocycles. The molecule has 5 heteroatoms. The third-order valence-corrected chi connectivity index (χ3v) is 1.38. The summed E-state index contributed by atoms with van der Waals surface area (Å²) in [5.74, 6) is 0. The first-order valence-electron chi connectivity index (χ1n) is 3.21. The van der Waals surface area contributed by atoms with Crippen molar-refractivity contribution in [2.45, 2.75) is 13.1 Å². The number of alkyl halides is 3. The van der Waals surface area contributed by atoms with E-state index < -0.39 is 24.2 Å². The highest BCUT2D eigenvalue weighted by atomic mass is 19.3. The highest BCUT2D eigenvalue weighted by Crippen LogP contribution is 2.13. The molecule has 1 rings (SSSR count). The Balaban J connectivity index is 3.12. The number of aromatic nitrogens is 1. The Labute approximate surface area is 66.0 Å². The smallest absolute Gasteiger partial charge is 0.269 e. The van der Waals surface area contributed by atoms with E-state index in [1.165, 1.54) is 0 Å². The van der Waals surface area contributed by atoms with Gasteiger partial charge in [0.25, 0.3) is 12.0 Å². The van der Waals surface area contributed by atoms with Crippen LogP contribution in [0.5, 0.6) is 0 Å². The average molecular weight is 177 g/mol. The SMILES string of the molecule is O=c1[nH]c(CF)ccc1C(F)F. The van der Waals surface area contributed by atoms with Gasteiger partial charge in [0.15, 0.2) is 0 Å². The van der Waals surface area contributed by atoms with E-state index in [1.54, 1.807) is 0 Å². The zero-order valence-electron chi connectivity index (χ0n) is 5.98. The molecule has 0 bridgehead atoms. The van der Waals surface area contributed by atoms with Gasteiger partial charge in [-0.15, -0.1) is 0 Å². The van der Waals surface area contributed by atoms with Crippen molar-refractivity contribution in [2.75, 3.05) is 0 Å². The third-order valence-electron chi connectivity index (χ3n) is 1.38. The molecule has 0 radical (unpaired) electrons. The van der Waals surface area contributed by atoms with Crippen LogP contribution in [0.15, 0.2) is 16.9 Å². The summed E-state index contributed by atoms with van der Waals surface area (Å²) in [6, 6.07) is 2.06.